The molecule has 18 heavy (non-hydrogen) atoms. The molecule has 0 N–H and O–H groups in total. The van der Waals surface area contributed by atoms with Crippen LogP contribution >= 0.6 is 22.9 Å². The Morgan fingerprint density at radius 2 is 2.39 bits per heavy atom. The van der Waals surface area contributed by atoms with Crippen LogP contribution in [0.3, 0.4) is 0 Å². The SMILES string of the molecule is CCC1CCCN1Cc1nc(Cl)c2ccsc2n1. The lowest BCUT2D eigenvalue weighted by atomic mass is 10.2. The lowest BCUT2D eigenvalue weighted by Crippen LogP contribution is -2.29. The Hall–Kier alpha value is -0.710. The van der Waals surface area contributed by atoms with Crippen molar-refractivity contribution in [2.45, 2.75) is 38.8 Å². The van der Waals surface area contributed by atoms with Crippen LogP contribution in [0.2, 0.25) is 5.15 Å². The summed E-state index contributed by atoms with van der Waals surface area (Å²) >= 11 is 7.82. The third kappa shape index (κ3) is 2.25. The quantitative estimate of drug-likeness (QED) is 0.803. The average molecular weight is 282 g/mol. The van der Waals surface area contributed by atoms with E-state index in [1.807, 2.05) is 11.4 Å². The molecule has 96 valence electrons. The van der Waals surface area contributed by atoms with Gasteiger partial charge in [0, 0.05) is 11.4 Å². The molecule has 1 aliphatic heterocycles. The van der Waals surface area contributed by atoms with Gasteiger partial charge in [0.05, 0.1) is 6.54 Å². The van der Waals surface area contributed by atoms with E-state index >= 15 is 0 Å². The Kier molecular flexibility index (Phi) is 3.50. The highest BCUT2D eigenvalue weighted by molar-refractivity contribution is 7.16. The second-order valence-electron chi connectivity index (χ2n) is 4.74. The highest BCUT2D eigenvalue weighted by Gasteiger charge is 2.23. The molecular formula is C13H16ClN3S. The Morgan fingerprint density at radius 3 is 3.22 bits per heavy atom. The number of aromatic nitrogens is 2. The van der Waals surface area contributed by atoms with E-state index in [0.717, 1.165) is 29.1 Å². The van der Waals surface area contributed by atoms with E-state index < -0.39 is 0 Å². The third-order valence-electron chi connectivity index (χ3n) is 3.64. The highest BCUT2D eigenvalue weighted by atomic mass is 35.5. The summed E-state index contributed by atoms with van der Waals surface area (Å²) in [6.07, 6.45) is 3.79. The molecule has 5 heteroatoms. The van der Waals surface area contributed by atoms with Gasteiger partial charge in [-0.2, -0.15) is 0 Å². The van der Waals surface area contributed by atoms with E-state index in [1.165, 1.54) is 19.3 Å². The van der Waals surface area contributed by atoms with Gasteiger partial charge in [0.2, 0.25) is 0 Å². The third-order valence-corrected chi connectivity index (χ3v) is 4.73. The molecule has 1 atom stereocenters. The fourth-order valence-electron chi connectivity index (χ4n) is 2.68. The molecule has 0 aliphatic carbocycles. The van der Waals surface area contributed by atoms with E-state index in [1.54, 1.807) is 11.3 Å². The maximum absolute atomic E-state index is 6.20. The van der Waals surface area contributed by atoms with Gasteiger partial charge >= 0.3 is 0 Å². The minimum atomic E-state index is 0.587. The van der Waals surface area contributed by atoms with E-state index in [9.17, 15) is 0 Å². The molecule has 2 aromatic heterocycles. The Balaban J connectivity index is 1.86. The number of thiophene rings is 1. The molecule has 1 aliphatic rings. The first-order valence-electron chi connectivity index (χ1n) is 6.41. The monoisotopic (exact) mass is 281 g/mol. The van der Waals surface area contributed by atoms with Crippen molar-refractivity contribution in [2.24, 2.45) is 0 Å². The van der Waals surface area contributed by atoms with Crippen molar-refractivity contribution in [3.63, 3.8) is 0 Å². The van der Waals surface area contributed by atoms with Crippen LogP contribution in [0.5, 0.6) is 0 Å². The van der Waals surface area contributed by atoms with Gasteiger partial charge in [-0.25, -0.2) is 9.97 Å². The smallest absolute Gasteiger partial charge is 0.145 e. The van der Waals surface area contributed by atoms with Gasteiger partial charge in [-0.3, -0.25) is 4.90 Å². The molecule has 3 heterocycles. The average Bonchev–Trinajstić information content (AvgIpc) is 2.97. The van der Waals surface area contributed by atoms with Crippen molar-refractivity contribution in [3.8, 4) is 0 Å². The van der Waals surface area contributed by atoms with Crippen molar-refractivity contribution in [1.29, 1.82) is 0 Å². The fraction of sp³-hybridized carbons (Fsp3) is 0.538. The summed E-state index contributed by atoms with van der Waals surface area (Å²) in [5.41, 5.74) is 0. The van der Waals surface area contributed by atoms with Gasteiger partial charge in [-0.15, -0.1) is 11.3 Å². The van der Waals surface area contributed by atoms with Crippen molar-refractivity contribution in [1.82, 2.24) is 14.9 Å². The van der Waals surface area contributed by atoms with E-state index in [2.05, 4.69) is 21.8 Å². The molecule has 1 fully saturated rings. The molecule has 0 amide bonds. The molecule has 0 aromatic carbocycles. The second kappa shape index (κ2) is 5.11. The maximum atomic E-state index is 6.20. The van der Waals surface area contributed by atoms with Crippen molar-refractivity contribution < 1.29 is 0 Å². The zero-order valence-corrected chi connectivity index (χ0v) is 12.0. The summed E-state index contributed by atoms with van der Waals surface area (Å²) in [6.45, 7) is 4.23. The number of halogens is 1. The van der Waals surface area contributed by atoms with E-state index in [0.29, 0.717) is 11.2 Å². The van der Waals surface area contributed by atoms with Crippen LogP contribution in [-0.4, -0.2) is 27.5 Å². The largest absolute Gasteiger partial charge is 0.293 e. The Labute approximate surface area is 116 Å². The number of hydrogen-bond donors (Lipinski definition) is 0. The molecule has 1 saturated heterocycles. The number of likely N-dealkylation sites (tertiary alicyclic amines) is 1. The van der Waals surface area contributed by atoms with E-state index in [4.69, 9.17) is 11.6 Å². The molecule has 0 radical (unpaired) electrons. The summed E-state index contributed by atoms with van der Waals surface area (Å²) in [6, 6.07) is 2.67. The first-order valence-corrected chi connectivity index (χ1v) is 7.67. The summed E-state index contributed by atoms with van der Waals surface area (Å²) in [4.78, 5) is 12.5. The van der Waals surface area contributed by atoms with Crippen molar-refractivity contribution in [3.05, 3.63) is 22.4 Å². The maximum Gasteiger partial charge on any atom is 0.145 e. The number of rotatable bonds is 3. The fourth-order valence-corrected chi connectivity index (χ4v) is 3.77. The van der Waals surface area contributed by atoms with Gasteiger partial charge in [-0.1, -0.05) is 18.5 Å². The second-order valence-corrected chi connectivity index (χ2v) is 6.00. The molecule has 0 bridgehead atoms. The Morgan fingerprint density at radius 1 is 1.50 bits per heavy atom. The zero-order chi connectivity index (χ0) is 12.5. The summed E-state index contributed by atoms with van der Waals surface area (Å²) in [5.74, 6) is 0.857. The molecule has 3 rings (SSSR count). The predicted octanol–water partition coefficient (Wildman–Crippen LogP) is 3.72. The first kappa shape index (κ1) is 12.3. The summed E-state index contributed by atoms with van der Waals surface area (Å²) in [5, 5.41) is 3.57. The highest BCUT2D eigenvalue weighted by Crippen LogP contribution is 2.26. The predicted molar refractivity (Wildman–Crippen MR) is 76.1 cm³/mol. The van der Waals surface area contributed by atoms with Gasteiger partial charge in [0.1, 0.15) is 15.8 Å². The van der Waals surface area contributed by atoms with Gasteiger partial charge < -0.3 is 0 Å². The standard InChI is InChI=1S/C13H16ClN3S/c1-2-9-4-3-6-17(9)8-11-15-12(14)10-5-7-18-13(10)16-11/h5,7,9H,2-4,6,8H2,1H3. The number of nitrogens with zero attached hydrogens (tertiary/aromatic N) is 3. The molecule has 0 saturated carbocycles. The van der Waals surface area contributed by atoms with E-state index in [-0.39, 0.29) is 0 Å². The Bertz CT molecular complexity index is 554. The molecule has 2 aromatic rings. The minimum absolute atomic E-state index is 0.587. The molecule has 0 spiro atoms. The van der Waals surface area contributed by atoms with Crippen LogP contribution in [0.1, 0.15) is 32.0 Å². The van der Waals surface area contributed by atoms with Crippen LogP contribution in [0.15, 0.2) is 11.4 Å². The minimum Gasteiger partial charge on any atom is -0.293 e. The number of fused-ring (bicyclic) bond motifs is 1. The van der Waals surface area contributed by atoms with Gasteiger partial charge in [-0.05, 0) is 37.3 Å². The lowest BCUT2D eigenvalue weighted by Gasteiger charge is -2.22. The van der Waals surface area contributed by atoms with Crippen LogP contribution < -0.4 is 0 Å². The molecule has 3 nitrogen and oxygen atoms in total. The zero-order valence-electron chi connectivity index (χ0n) is 10.4. The van der Waals surface area contributed by atoms with Crippen LogP contribution in [0, 0.1) is 0 Å². The summed E-state index contributed by atoms with van der Waals surface area (Å²) < 4.78 is 0. The van der Waals surface area contributed by atoms with Crippen LogP contribution in [0.4, 0.5) is 0 Å². The van der Waals surface area contributed by atoms with Crippen LogP contribution in [0.25, 0.3) is 10.2 Å². The number of hydrogen-bond acceptors (Lipinski definition) is 4. The molecular weight excluding hydrogens is 266 g/mol. The topological polar surface area (TPSA) is 29.0 Å². The normalized spacial score (nSPS) is 20.9. The first-order chi connectivity index (χ1) is 8.78. The van der Waals surface area contributed by atoms with Gasteiger partial charge in [0.15, 0.2) is 0 Å². The van der Waals surface area contributed by atoms with Gasteiger partial charge in [0.25, 0.3) is 0 Å². The van der Waals surface area contributed by atoms with Crippen molar-refractivity contribution >= 4 is 33.2 Å². The lowest BCUT2D eigenvalue weighted by molar-refractivity contribution is 0.234. The van der Waals surface area contributed by atoms with Crippen molar-refractivity contribution in [2.75, 3.05) is 6.54 Å². The summed E-state index contributed by atoms with van der Waals surface area (Å²) in [7, 11) is 0. The molecule has 1 unspecified atom stereocenters. The van der Waals surface area contributed by atoms with Crippen LogP contribution in [-0.2, 0) is 6.54 Å².